The van der Waals surface area contributed by atoms with E-state index in [1.165, 1.54) is 29.2 Å². The molecule has 43 heavy (non-hydrogen) atoms. The highest BCUT2D eigenvalue weighted by molar-refractivity contribution is 8.01. The zero-order chi connectivity index (χ0) is 32.4. The van der Waals surface area contributed by atoms with Gasteiger partial charge >= 0.3 is 12.1 Å². The molecule has 3 rings (SSSR count). The smallest absolute Gasteiger partial charge is 0.475 e. The molecule has 0 bridgehead atoms. The predicted octanol–water partition coefficient (Wildman–Crippen LogP) is 6.50. The van der Waals surface area contributed by atoms with Crippen molar-refractivity contribution in [2.75, 3.05) is 18.1 Å². The lowest BCUT2D eigenvalue weighted by Gasteiger charge is -2.18. The van der Waals surface area contributed by atoms with Crippen LogP contribution in [0, 0.1) is 12.3 Å². The summed E-state index contributed by atoms with van der Waals surface area (Å²) in [6, 6.07) is 14.8. The molecule has 0 radical (unpaired) electrons. The fourth-order valence-electron chi connectivity index (χ4n) is 3.91. The number of halogens is 3. The molecule has 1 heterocycles. The third-order valence-electron chi connectivity index (χ3n) is 5.96. The predicted molar refractivity (Wildman–Crippen MR) is 167 cm³/mol. The van der Waals surface area contributed by atoms with Gasteiger partial charge in [-0.2, -0.15) is 13.2 Å². The van der Waals surface area contributed by atoms with Crippen LogP contribution >= 0.6 is 23.1 Å². The molecule has 0 unspecified atom stereocenters. The van der Waals surface area contributed by atoms with Gasteiger partial charge < -0.3 is 21.9 Å². The summed E-state index contributed by atoms with van der Waals surface area (Å²) in [5.41, 5.74) is 14.5. The molecule has 0 fully saturated rings. The summed E-state index contributed by atoms with van der Waals surface area (Å²) < 4.78 is 60.6. The Kier molecular flexibility index (Phi) is 13.1. The van der Waals surface area contributed by atoms with Gasteiger partial charge in [0.25, 0.3) is 0 Å². The summed E-state index contributed by atoms with van der Waals surface area (Å²) in [6.07, 6.45) is 1.01. The standard InChI is InChI=1S/C26H33N5O2S3.C2HF3O2/c1-4-5-6-10-15-30-26(29)31-20-14-13-19(18-11-8-7-9-12-18)17(2)23(20)36(32,33)22-16-21(24(27)28)35-25(22)34-3;3-2(4,5)1(6)7/h7-9,11-14,16H,4-6,10,15H2,1-3H3,(H3,27,28)(H3,29,30,31);(H,6,7). The Bertz CT molecular complexity index is 1560. The van der Waals surface area contributed by atoms with Crippen LogP contribution in [0.25, 0.3) is 11.1 Å². The number of hydrogen-bond acceptors (Lipinski definition) is 7. The Hall–Kier alpha value is -3.56. The Morgan fingerprint density at radius 3 is 2.28 bits per heavy atom. The van der Waals surface area contributed by atoms with E-state index in [0.717, 1.165) is 36.8 Å². The van der Waals surface area contributed by atoms with Gasteiger partial charge in [0, 0.05) is 6.54 Å². The SMILES string of the molecule is CCCCCCN=C(N)Nc1ccc(-c2ccccc2)c(C)c1S(=O)(=O)c1cc(C(=N)N)sc1SC.O=C(O)C(F)(F)F. The maximum absolute atomic E-state index is 14.1. The van der Waals surface area contributed by atoms with E-state index in [0.29, 0.717) is 26.9 Å². The minimum Gasteiger partial charge on any atom is -0.475 e. The number of alkyl halides is 3. The molecular formula is C28H34F3N5O4S3. The number of hydrogen-bond donors (Lipinski definition) is 5. The molecule has 0 saturated heterocycles. The Morgan fingerprint density at radius 2 is 1.74 bits per heavy atom. The van der Waals surface area contributed by atoms with Gasteiger partial charge in [-0.1, -0.05) is 62.6 Å². The van der Waals surface area contributed by atoms with E-state index in [1.54, 1.807) is 13.0 Å². The van der Waals surface area contributed by atoms with E-state index in [2.05, 4.69) is 17.2 Å². The number of carbonyl (C=O) groups is 1. The van der Waals surface area contributed by atoms with E-state index < -0.39 is 22.0 Å². The van der Waals surface area contributed by atoms with Crippen molar-refractivity contribution in [3.63, 3.8) is 0 Å². The van der Waals surface area contributed by atoms with Crippen molar-refractivity contribution in [3.05, 3.63) is 59.0 Å². The van der Waals surface area contributed by atoms with Crippen LogP contribution in [-0.4, -0.2) is 50.3 Å². The molecule has 0 spiro atoms. The summed E-state index contributed by atoms with van der Waals surface area (Å²) in [5.74, 6) is -2.74. The van der Waals surface area contributed by atoms with Gasteiger partial charge in [-0.25, -0.2) is 13.2 Å². The van der Waals surface area contributed by atoms with Crippen molar-refractivity contribution >= 4 is 56.4 Å². The van der Waals surface area contributed by atoms with Gasteiger partial charge in [-0.15, -0.1) is 23.1 Å². The highest BCUT2D eigenvalue weighted by Gasteiger charge is 2.38. The number of rotatable bonds is 11. The highest BCUT2D eigenvalue weighted by Crippen LogP contribution is 2.42. The van der Waals surface area contributed by atoms with Crippen molar-refractivity contribution in [1.82, 2.24) is 0 Å². The molecule has 7 N–H and O–H groups in total. The van der Waals surface area contributed by atoms with Gasteiger partial charge in [0.2, 0.25) is 9.84 Å². The lowest BCUT2D eigenvalue weighted by atomic mass is 10.00. The van der Waals surface area contributed by atoms with E-state index in [1.807, 2.05) is 42.7 Å². The number of anilines is 1. The molecule has 0 aliphatic rings. The minimum absolute atomic E-state index is 0.135. The van der Waals surface area contributed by atoms with Crippen LogP contribution in [0.5, 0.6) is 0 Å². The second kappa shape index (κ2) is 15.8. The topological polar surface area (TPSA) is 172 Å². The second-order valence-electron chi connectivity index (χ2n) is 9.12. The summed E-state index contributed by atoms with van der Waals surface area (Å²) in [5, 5.41) is 18.0. The maximum Gasteiger partial charge on any atom is 0.490 e. The Labute approximate surface area is 257 Å². The molecule has 2 aromatic carbocycles. The number of unbranched alkanes of at least 4 members (excludes halogenated alkanes) is 3. The van der Waals surface area contributed by atoms with Crippen molar-refractivity contribution < 1.29 is 31.5 Å². The van der Waals surface area contributed by atoms with E-state index in [-0.39, 0.29) is 21.6 Å². The van der Waals surface area contributed by atoms with Crippen LogP contribution in [0.15, 0.2) is 67.5 Å². The van der Waals surface area contributed by atoms with Crippen molar-refractivity contribution in [1.29, 1.82) is 5.41 Å². The molecule has 1 aromatic heterocycles. The first-order valence-electron chi connectivity index (χ1n) is 13.0. The highest BCUT2D eigenvalue weighted by atomic mass is 32.2. The van der Waals surface area contributed by atoms with E-state index in [4.69, 9.17) is 26.8 Å². The molecule has 9 nitrogen and oxygen atoms in total. The normalized spacial score (nSPS) is 11.9. The zero-order valence-electron chi connectivity index (χ0n) is 23.8. The lowest BCUT2D eigenvalue weighted by Crippen LogP contribution is -2.24. The van der Waals surface area contributed by atoms with Crippen molar-refractivity contribution in [2.45, 2.75) is 59.7 Å². The van der Waals surface area contributed by atoms with Gasteiger partial charge in [0.15, 0.2) is 5.96 Å². The number of aliphatic carboxylic acids is 1. The lowest BCUT2D eigenvalue weighted by molar-refractivity contribution is -0.192. The van der Waals surface area contributed by atoms with Crippen LogP contribution in [-0.2, 0) is 14.6 Å². The van der Waals surface area contributed by atoms with Gasteiger partial charge in [0.1, 0.15) is 5.84 Å². The Morgan fingerprint density at radius 1 is 1.12 bits per heavy atom. The molecule has 234 valence electrons. The quantitative estimate of drug-likeness (QED) is 0.0673. The molecule has 0 aliphatic carbocycles. The van der Waals surface area contributed by atoms with Crippen LogP contribution in [0.1, 0.15) is 43.0 Å². The number of carboxylic acid groups (broad SMARTS) is 1. The fourth-order valence-corrected chi connectivity index (χ4v) is 8.16. The first-order chi connectivity index (χ1) is 20.1. The monoisotopic (exact) mass is 657 g/mol. The average molecular weight is 658 g/mol. The fraction of sp³-hybridized carbons (Fsp3) is 0.321. The van der Waals surface area contributed by atoms with Crippen LogP contribution in [0.2, 0.25) is 0 Å². The molecule has 0 saturated carbocycles. The summed E-state index contributed by atoms with van der Waals surface area (Å²) >= 11 is 2.52. The van der Waals surface area contributed by atoms with Crippen LogP contribution in [0.3, 0.4) is 0 Å². The first-order valence-corrected chi connectivity index (χ1v) is 16.5. The largest absolute Gasteiger partial charge is 0.490 e. The number of sulfone groups is 1. The Balaban J connectivity index is 0.000000821. The molecule has 0 aliphatic heterocycles. The number of nitrogens with two attached hydrogens (primary N) is 2. The molecule has 0 amide bonds. The van der Waals surface area contributed by atoms with E-state index >= 15 is 0 Å². The first kappa shape index (κ1) is 35.6. The van der Waals surface area contributed by atoms with Crippen LogP contribution in [0.4, 0.5) is 18.9 Å². The minimum atomic E-state index is -5.08. The third kappa shape index (κ3) is 9.73. The van der Waals surface area contributed by atoms with Crippen molar-refractivity contribution in [3.8, 4) is 11.1 Å². The van der Waals surface area contributed by atoms with E-state index in [9.17, 15) is 21.6 Å². The number of thiophene rings is 1. The van der Waals surface area contributed by atoms with Gasteiger partial charge in [-0.3, -0.25) is 10.4 Å². The number of thioether (sulfide) groups is 1. The molecule has 15 heteroatoms. The summed E-state index contributed by atoms with van der Waals surface area (Å²) in [7, 11) is -4.00. The number of nitrogens with zero attached hydrogens (tertiary/aromatic N) is 1. The third-order valence-corrected chi connectivity index (χ3v) is 10.5. The molecular weight excluding hydrogens is 624 g/mol. The maximum atomic E-state index is 14.1. The van der Waals surface area contributed by atoms with Crippen molar-refractivity contribution in [2.24, 2.45) is 16.5 Å². The zero-order valence-corrected chi connectivity index (χ0v) is 26.2. The average Bonchev–Trinajstić information content (AvgIpc) is 3.39. The number of carboxylic acids is 1. The number of amidine groups is 1. The number of guanidine groups is 1. The number of benzene rings is 2. The molecule has 0 atom stereocenters. The number of aliphatic imine (C=N–C) groups is 1. The number of nitrogen functional groups attached to an aromatic ring is 1. The second-order valence-corrected chi connectivity index (χ2v) is 13.1. The number of nitrogens with one attached hydrogen (secondary N) is 2. The van der Waals surface area contributed by atoms with Gasteiger partial charge in [-0.05, 0) is 48.4 Å². The summed E-state index contributed by atoms with van der Waals surface area (Å²) in [6.45, 7) is 4.53. The van der Waals surface area contributed by atoms with Gasteiger partial charge in [0.05, 0.1) is 24.6 Å². The molecule has 3 aromatic rings. The summed E-state index contributed by atoms with van der Waals surface area (Å²) in [4.78, 5) is 14.0. The van der Waals surface area contributed by atoms with Crippen LogP contribution < -0.4 is 16.8 Å².